The highest BCUT2D eigenvalue weighted by Crippen LogP contribution is 2.33. The van der Waals surface area contributed by atoms with Crippen LogP contribution in [-0.2, 0) is 11.0 Å². The van der Waals surface area contributed by atoms with Crippen LogP contribution in [0.1, 0.15) is 5.56 Å². The van der Waals surface area contributed by atoms with Crippen LogP contribution in [0.25, 0.3) is 0 Å². The molecule has 1 rings (SSSR count). The SMILES string of the molecule is O=C(O)CSc1cc(C(F)(F)F)cc(SCCO)n1. The summed E-state index contributed by atoms with van der Waals surface area (Å²) in [7, 11) is 0. The van der Waals surface area contributed by atoms with Crippen molar-refractivity contribution >= 4 is 29.5 Å². The Labute approximate surface area is 115 Å². The van der Waals surface area contributed by atoms with Gasteiger partial charge in [-0.25, -0.2) is 4.98 Å². The summed E-state index contributed by atoms with van der Waals surface area (Å²) in [4.78, 5) is 14.3. The minimum atomic E-state index is -4.52. The molecule has 0 spiro atoms. The predicted molar refractivity (Wildman–Crippen MR) is 65.4 cm³/mol. The molecule has 0 aliphatic rings. The van der Waals surface area contributed by atoms with E-state index >= 15 is 0 Å². The van der Waals surface area contributed by atoms with E-state index < -0.39 is 17.7 Å². The molecule has 1 aromatic rings. The van der Waals surface area contributed by atoms with E-state index in [-0.39, 0.29) is 28.2 Å². The first-order valence-corrected chi connectivity index (χ1v) is 6.97. The van der Waals surface area contributed by atoms with Gasteiger partial charge in [-0.15, -0.1) is 11.8 Å². The molecular formula is C10H10F3NO3S2. The molecule has 2 N–H and O–H groups in total. The Hall–Kier alpha value is -0.930. The molecule has 1 aromatic heterocycles. The molecule has 9 heteroatoms. The molecule has 0 atom stereocenters. The van der Waals surface area contributed by atoms with Crippen LogP contribution in [0, 0.1) is 0 Å². The predicted octanol–water partition coefficient (Wildman–Crippen LogP) is 2.36. The van der Waals surface area contributed by atoms with E-state index in [1.54, 1.807) is 0 Å². The molecule has 0 amide bonds. The zero-order valence-corrected chi connectivity index (χ0v) is 11.1. The highest BCUT2D eigenvalue weighted by Gasteiger charge is 2.31. The molecule has 0 aromatic carbocycles. The molecule has 19 heavy (non-hydrogen) atoms. The Morgan fingerprint density at radius 1 is 1.26 bits per heavy atom. The quantitative estimate of drug-likeness (QED) is 0.786. The van der Waals surface area contributed by atoms with E-state index in [0.717, 1.165) is 35.7 Å². The summed E-state index contributed by atoms with van der Waals surface area (Å²) in [6.45, 7) is -0.180. The Morgan fingerprint density at radius 3 is 2.32 bits per heavy atom. The van der Waals surface area contributed by atoms with Gasteiger partial charge in [0.25, 0.3) is 0 Å². The van der Waals surface area contributed by atoms with Crippen LogP contribution in [0.3, 0.4) is 0 Å². The average Bonchev–Trinajstić information content (AvgIpc) is 2.32. The highest BCUT2D eigenvalue weighted by molar-refractivity contribution is 8.00. The van der Waals surface area contributed by atoms with Crippen molar-refractivity contribution in [3.63, 3.8) is 0 Å². The van der Waals surface area contributed by atoms with Gasteiger partial charge in [-0.3, -0.25) is 4.79 Å². The number of alkyl halides is 3. The number of aliphatic hydroxyl groups is 1. The molecular weight excluding hydrogens is 303 g/mol. The van der Waals surface area contributed by atoms with Crippen LogP contribution < -0.4 is 0 Å². The fraction of sp³-hybridized carbons (Fsp3) is 0.400. The van der Waals surface area contributed by atoms with Gasteiger partial charge in [-0.05, 0) is 12.1 Å². The third kappa shape index (κ3) is 5.70. The van der Waals surface area contributed by atoms with Crippen molar-refractivity contribution in [1.29, 1.82) is 0 Å². The van der Waals surface area contributed by atoms with Crippen molar-refractivity contribution in [2.45, 2.75) is 16.2 Å². The van der Waals surface area contributed by atoms with Crippen LogP contribution in [0.2, 0.25) is 0 Å². The number of aromatic nitrogens is 1. The summed E-state index contributed by atoms with van der Waals surface area (Å²) in [5.74, 6) is -1.27. The molecule has 0 bridgehead atoms. The third-order valence-electron chi connectivity index (χ3n) is 1.79. The van der Waals surface area contributed by atoms with Gasteiger partial charge < -0.3 is 10.2 Å². The monoisotopic (exact) mass is 313 g/mol. The molecule has 106 valence electrons. The summed E-state index contributed by atoms with van der Waals surface area (Å²) in [6.07, 6.45) is -4.52. The normalized spacial score (nSPS) is 11.6. The van der Waals surface area contributed by atoms with Crippen molar-refractivity contribution < 1.29 is 28.2 Å². The molecule has 0 radical (unpaired) electrons. The van der Waals surface area contributed by atoms with Gasteiger partial charge in [0.1, 0.15) is 0 Å². The van der Waals surface area contributed by atoms with Crippen LogP contribution in [0.15, 0.2) is 22.2 Å². The lowest BCUT2D eigenvalue weighted by atomic mass is 10.3. The highest BCUT2D eigenvalue weighted by atomic mass is 32.2. The van der Waals surface area contributed by atoms with Gasteiger partial charge in [-0.2, -0.15) is 13.2 Å². The van der Waals surface area contributed by atoms with Gasteiger partial charge in [0.15, 0.2) is 0 Å². The Kier molecular flexibility index (Phi) is 5.95. The first-order chi connectivity index (χ1) is 8.82. The van der Waals surface area contributed by atoms with E-state index in [1.807, 2.05) is 0 Å². The standard InChI is InChI=1S/C10H10F3NO3S2/c11-10(12,13)6-3-7(18-2-1-15)14-8(4-6)19-5-9(16)17/h3-4,15H,1-2,5H2,(H,16,17). The zero-order chi connectivity index (χ0) is 14.5. The molecule has 0 fully saturated rings. The van der Waals surface area contributed by atoms with Crippen molar-refractivity contribution in [3.8, 4) is 0 Å². The number of carbonyl (C=O) groups is 1. The van der Waals surface area contributed by atoms with E-state index in [4.69, 9.17) is 10.2 Å². The molecule has 0 unspecified atom stereocenters. The van der Waals surface area contributed by atoms with Crippen LogP contribution in [0.4, 0.5) is 13.2 Å². The second kappa shape index (κ2) is 7.01. The summed E-state index contributed by atoms with van der Waals surface area (Å²) < 4.78 is 38.0. The maximum atomic E-state index is 12.7. The number of pyridine rings is 1. The molecule has 1 heterocycles. The second-order valence-corrected chi connectivity index (χ2v) is 5.40. The van der Waals surface area contributed by atoms with E-state index in [2.05, 4.69) is 4.98 Å². The van der Waals surface area contributed by atoms with Crippen LogP contribution in [0.5, 0.6) is 0 Å². The molecule has 4 nitrogen and oxygen atoms in total. The van der Waals surface area contributed by atoms with Gasteiger partial charge in [-0.1, -0.05) is 11.8 Å². The molecule has 0 aliphatic carbocycles. The number of halogens is 3. The van der Waals surface area contributed by atoms with Crippen molar-refractivity contribution in [2.24, 2.45) is 0 Å². The molecule has 0 saturated carbocycles. The summed E-state index contributed by atoms with van der Waals surface area (Å²) >= 11 is 1.70. The second-order valence-electron chi connectivity index (χ2n) is 3.28. The lowest BCUT2D eigenvalue weighted by Gasteiger charge is -2.10. The smallest absolute Gasteiger partial charge is 0.416 e. The number of hydrogen-bond donors (Lipinski definition) is 2. The van der Waals surface area contributed by atoms with Gasteiger partial charge >= 0.3 is 12.1 Å². The largest absolute Gasteiger partial charge is 0.481 e. The Bertz CT molecular complexity index is 454. The van der Waals surface area contributed by atoms with Gasteiger partial charge in [0.05, 0.1) is 28.0 Å². The van der Waals surface area contributed by atoms with Crippen molar-refractivity contribution in [1.82, 2.24) is 4.98 Å². The van der Waals surface area contributed by atoms with Crippen molar-refractivity contribution in [2.75, 3.05) is 18.1 Å². The van der Waals surface area contributed by atoms with E-state index in [0.29, 0.717) is 0 Å². The lowest BCUT2D eigenvalue weighted by Crippen LogP contribution is -2.07. The van der Waals surface area contributed by atoms with Crippen molar-refractivity contribution in [3.05, 3.63) is 17.7 Å². The molecule has 0 saturated heterocycles. The fourth-order valence-corrected chi connectivity index (χ4v) is 2.45. The number of carboxylic acids is 1. The first-order valence-electron chi connectivity index (χ1n) is 5.00. The van der Waals surface area contributed by atoms with E-state index in [1.165, 1.54) is 0 Å². The van der Waals surface area contributed by atoms with Gasteiger partial charge in [0, 0.05) is 5.75 Å². The van der Waals surface area contributed by atoms with Crippen LogP contribution in [-0.4, -0.2) is 39.3 Å². The topological polar surface area (TPSA) is 70.4 Å². The maximum absolute atomic E-state index is 12.7. The number of hydrogen-bond acceptors (Lipinski definition) is 5. The number of rotatable bonds is 6. The number of nitrogens with zero attached hydrogens (tertiary/aromatic N) is 1. The summed E-state index contributed by atoms with van der Waals surface area (Å²) in [6, 6.07) is 1.70. The summed E-state index contributed by atoms with van der Waals surface area (Å²) in [5.41, 5.74) is -0.879. The Balaban J connectivity index is 2.98. The summed E-state index contributed by atoms with van der Waals surface area (Å²) in [5, 5.41) is 17.3. The third-order valence-corrected chi connectivity index (χ3v) is 3.58. The van der Waals surface area contributed by atoms with Gasteiger partial charge in [0.2, 0.25) is 0 Å². The minimum absolute atomic E-state index is 0.00216. The Morgan fingerprint density at radius 2 is 1.84 bits per heavy atom. The minimum Gasteiger partial charge on any atom is -0.481 e. The van der Waals surface area contributed by atoms with E-state index in [9.17, 15) is 18.0 Å². The lowest BCUT2D eigenvalue weighted by molar-refractivity contribution is -0.138. The molecule has 0 aliphatic heterocycles. The number of aliphatic hydroxyl groups excluding tert-OH is 1. The fourth-order valence-electron chi connectivity index (χ4n) is 1.08. The maximum Gasteiger partial charge on any atom is 0.416 e. The number of carboxylic acid groups (broad SMARTS) is 1. The first kappa shape index (κ1) is 16.1. The number of aliphatic carboxylic acids is 1. The zero-order valence-electron chi connectivity index (χ0n) is 9.48. The number of thioether (sulfide) groups is 2. The van der Waals surface area contributed by atoms with Crippen LogP contribution >= 0.6 is 23.5 Å². The average molecular weight is 313 g/mol.